The average Bonchev–Trinajstić information content (AvgIpc) is 3.31. The summed E-state index contributed by atoms with van der Waals surface area (Å²) in [6, 6.07) is 16.7. The van der Waals surface area contributed by atoms with Crippen LogP contribution in [0.4, 0.5) is 17.5 Å². The van der Waals surface area contributed by atoms with Crippen LogP contribution in [-0.2, 0) is 10.0 Å². The fourth-order valence-electron chi connectivity index (χ4n) is 4.14. The Morgan fingerprint density at radius 2 is 1.56 bits per heavy atom. The molecule has 0 aliphatic carbocycles. The van der Waals surface area contributed by atoms with E-state index >= 15 is 0 Å². The van der Waals surface area contributed by atoms with Gasteiger partial charge in [0.2, 0.25) is 16.0 Å². The molecule has 1 fully saturated rings. The van der Waals surface area contributed by atoms with Crippen molar-refractivity contribution in [2.75, 3.05) is 36.4 Å². The molecular weight excluding hydrogens is 476 g/mol. The molecule has 1 aliphatic rings. The summed E-state index contributed by atoms with van der Waals surface area (Å²) in [5.74, 6) is 1.87. The average molecular weight is 505 g/mol. The molecule has 0 bridgehead atoms. The van der Waals surface area contributed by atoms with E-state index in [1.807, 2.05) is 44.2 Å². The highest BCUT2D eigenvalue weighted by atomic mass is 32.2. The second kappa shape index (κ2) is 9.71. The number of sulfonamides is 1. The second-order valence-corrected chi connectivity index (χ2v) is 10.8. The zero-order chi connectivity index (χ0) is 25.3. The Hall–Kier alpha value is -3.76. The van der Waals surface area contributed by atoms with Crippen LogP contribution in [0.3, 0.4) is 0 Å². The maximum atomic E-state index is 13.3. The summed E-state index contributed by atoms with van der Waals surface area (Å²) in [4.78, 5) is 15.8. The van der Waals surface area contributed by atoms with Crippen molar-refractivity contribution in [3.8, 4) is 11.3 Å². The zero-order valence-corrected chi connectivity index (χ0v) is 21.3. The Kier molecular flexibility index (Phi) is 6.46. The highest BCUT2D eigenvalue weighted by molar-refractivity contribution is 7.89. The first-order valence-electron chi connectivity index (χ1n) is 11.7. The largest absolute Gasteiger partial charge is 0.449 e. The highest BCUT2D eigenvalue weighted by Gasteiger charge is 2.29. The minimum Gasteiger partial charge on any atom is -0.449 e. The first-order valence-corrected chi connectivity index (χ1v) is 13.2. The van der Waals surface area contributed by atoms with Crippen LogP contribution < -0.4 is 10.2 Å². The Bertz CT molecular complexity index is 1460. The number of rotatable bonds is 6. The molecule has 36 heavy (non-hydrogen) atoms. The van der Waals surface area contributed by atoms with Crippen molar-refractivity contribution in [1.29, 1.82) is 0 Å². The predicted octanol–water partition coefficient (Wildman–Crippen LogP) is 4.31. The van der Waals surface area contributed by atoms with Gasteiger partial charge in [0.05, 0.1) is 4.90 Å². The molecule has 2 aromatic heterocycles. The normalized spacial score (nSPS) is 14.7. The standard InChI is InChI=1S/C26H28N6O3S/c1-18-4-8-22(9-5-18)29-26-27-19(2)16-25(30-26)31-12-14-32(15-13-31)36(33,34)23-10-6-21(7-11-23)24-17-35-20(3)28-24/h4-11,16-17H,12-15H2,1-3H3,(H,27,29,30). The van der Waals surface area contributed by atoms with Gasteiger partial charge in [-0.25, -0.2) is 18.4 Å². The van der Waals surface area contributed by atoms with Gasteiger partial charge in [0.15, 0.2) is 5.89 Å². The van der Waals surface area contributed by atoms with Crippen molar-refractivity contribution >= 4 is 27.5 Å². The van der Waals surface area contributed by atoms with E-state index in [1.165, 1.54) is 9.87 Å². The van der Waals surface area contributed by atoms with Gasteiger partial charge >= 0.3 is 0 Å². The van der Waals surface area contributed by atoms with Crippen LogP contribution in [0.2, 0.25) is 0 Å². The lowest BCUT2D eigenvalue weighted by Gasteiger charge is -2.34. The molecule has 10 heteroatoms. The number of hydrogen-bond acceptors (Lipinski definition) is 8. The molecule has 1 saturated heterocycles. The van der Waals surface area contributed by atoms with E-state index in [0.29, 0.717) is 43.7 Å². The first-order chi connectivity index (χ1) is 17.3. The van der Waals surface area contributed by atoms with Crippen molar-refractivity contribution in [3.05, 3.63) is 78.0 Å². The van der Waals surface area contributed by atoms with E-state index in [0.717, 1.165) is 22.8 Å². The van der Waals surface area contributed by atoms with Gasteiger partial charge in [0.25, 0.3) is 0 Å². The molecule has 0 amide bonds. The van der Waals surface area contributed by atoms with Gasteiger partial charge in [-0.15, -0.1) is 0 Å². The molecule has 1 N–H and O–H groups in total. The summed E-state index contributed by atoms with van der Waals surface area (Å²) in [6.45, 7) is 7.56. The minimum absolute atomic E-state index is 0.266. The van der Waals surface area contributed by atoms with Gasteiger partial charge in [-0.1, -0.05) is 29.8 Å². The molecule has 0 saturated carbocycles. The van der Waals surface area contributed by atoms with Crippen molar-refractivity contribution < 1.29 is 12.8 Å². The van der Waals surface area contributed by atoms with E-state index in [9.17, 15) is 8.42 Å². The number of aromatic nitrogens is 3. The Balaban J connectivity index is 1.26. The SMILES string of the molecule is Cc1ccc(Nc2nc(C)cc(N3CCN(S(=O)(=O)c4ccc(-c5coc(C)n5)cc4)CC3)n2)cc1. The third kappa shape index (κ3) is 5.09. The third-order valence-corrected chi connectivity index (χ3v) is 8.03. The number of benzene rings is 2. The summed E-state index contributed by atoms with van der Waals surface area (Å²) in [5.41, 5.74) is 4.43. The van der Waals surface area contributed by atoms with Crippen molar-refractivity contribution in [3.63, 3.8) is 0 Å². The maximum absolute atomic E-state index is 13.3. The number of oxazole rings is 1. The van der Waals surface area contributed by atoms with Crippen LogP contribution in [0.1, 0.15) is 17.1 Å². The summed E-state index contributed by atoms with van der Waals surface area (Å²) in [5, 5.41) is 3.26. The van der Waals surface area contributed by atoms with Crippen molar-refractivity contribution in [2.45, 2.75) is 25.7 Å². The van der Waals surface area contributed by atoms with E-state index in [-0.39, 0.29) is 4.90 Å². The van der Waals surface area contributed by atoms with Crippen LogP contribution in [-0.4, -0.2) is 53.9 Å². The van der Waals surface area contributed by atoms with Crippen molar-refractivity contribution in [1.82, 2.24) is 19.3 Å². The summed E-state index contributed by atoms with van der Waals surface area (Å²) < 4.78 is 33.3. The first kappa shape index (κ1) is 24.0. The topological polar surface area (TPSA) is 104 Å². The lowest BCUT2D eigenvalue weighted by atomic mass is 10.2. The van der Waals surface area contributed by atoms with Crippen LogP contribution >= 0.6 is 0 Å². The zero-order valence-electron chi connectivity index (χ0n) is 20.5. The fourth-order valence-corrected chi connectivity index (χ4v) is 5.56. The molecule has 0 atom stereocenters. The number of anilines is 3. The molecule has 4 aromatic rings. The number of piperazine rings is 1. The van der Waals surface area contributed by atoms with Crippen LogP contribution in [0.15, 0.2) is 70.2 Å². The molecule has 5 rings (SSSR count). The minimum atomic E-state index is -3.60. The number of hydrogen-bond donors (Lipinski definition) is 1. The second-order valence-electron chi connectivity index (χ2n) is 8.85. The Morgan fingerprint density at radius 1 is 0.861 bits per heavy atom. The van der Waals surface area contributed by atoms with Gasteiger partial charge < -0.3 is 14.6 Å². The van der Waals surface area contributed by atoms with Gasteiger partial charge in [0, 0.05) is 56.1 Å². The molecule has 0 unspecified atom stereocenters. The van der Waals surface area contributed by atoms with Gasteiger partial charge in [0.1, 0.15) is 17.8 Å². The monoisotopic (exact) mass is 504 g/mol. The van der Waals surface area contributed by atoms with Crippen LogP contribution in [0.5, 0.6) is 0 Å². The van der Waals surface area contributed by atoms with Crippen LogP contribution in [0.25, 0.3) is 11.3 Å². The molecule has 3 heterocycles. The van der Waals surface area contributed by atoms with Gasteiger partial charge in [-0.2, -0.15) is 9.29 Å². The quantitative estimate of drug-likeness (QED) is 0.414. The third-order valence-electron chi connectivity index (χ3n) is 6.12. The summed E-state index contributed by atoms with van der Waals surface area (Å²) in [7, 11) is -3.60. The molecule has 1 aliphatic heterocycles. The van der Waals surface area contributed by atoms with E-state index < -0.39 is 10.0 Å². The fraction of sp³-hybridized carbons (Fsp3) is 0.269. The predicted molar refractivity (Wildman–Crippen MR) is 139 cm³/mol. The number of nitrogens with zero attached hydrogens (tertiary/aromatic N) is 5. The molecule has 0 spiro atoms. The summed E-state index contributed by atoms with van der Waals surface area (Å²) >= 11 is 0. The van der Waals surface area contributed by atoms with Gasteiger partial charge in [-0.05, 0) is 38.1 Å². The molecule has 186 valence electrons. The van der Waals surface area contributed by atoms with E-state index in [4.69, 9.17) is 4.42 Å². The Morgan fingerprint density at radius 3 is 2.19 bits per heavy atom. The van der Waals surface area contributed by atoms with Gasteiger partial charge in [-0.3, -0.25) is 0 Å². The van der Waals surface area contributed by atoms with E-state index in [2.05, 4.69) is 25.2 Å². The number of nitrogens with one attached hydrogen (secondary N) is 1. The maximum Gasteiger partial charge on any atom is 0.243 e. The molecular formula is C26H28N6O3S. The van der Waals surface area contributed by atoms with E-state index in [1.54, 1.807) is 37.5 Å². The number of aryl methyl sites for hydroxylation is 3. The Labute approximate surface area is 210 Å². The lowest BCUT2D eigenvalue weighted by Crippen LogP contribution is -2.49. The molecule has 0 radical (unpaired) electrons. The summed E-state index contributed by atoms with van der Waals surface area (Å²) in [6.07, 6.45) is 1.56. The van der Waals surface area contributed by atoms with Crippen molar-refractivity contribution in [2.24, 2.45) is 0 Å². The lowest BCUT2D eigenvalue weighted by molar-refractivity contribution is 0.384. The highest BCUT2D eigenvalue weighted by Crippen LogP contribution is 2.25. The molecule has 9 nitrogen and oxygen atoms in total. The smallest absolute Gasteiger partial charge is 0.243 e. The molecule has 2 aromatic carbocycles. The van der Waals surface area contributed by atoms with Crippen LogP contribution in [0, 0.1) is 20.8 Å².